The first kappa shape index (κ1) is 12.7. The van der Waals surface area contributed by atoms with Crippen LogP contribution in [-0.2, 0) is 4.74 Å². The summed E-state index contributed by atoms with van der Waals surface area (Å²) >= 11 is 0. The second kappa shape index (κ2) is 4.99. The molecule has 1 aliphatic heterocycles. The van der Waals surface area contributed by atoms with Crippen molar-refractivity contribution in [2.75, 3.05) is 12.3 Å². The predicted octanol–water partition coefficient (Wildman–Crippen LogP) is 2.49. The van der Waals surface area contributed by atoms with Crippen LogP contribution in [0.1, 0.15) is 35.8 Å². The molecule has 0 spiro atoms. The van der Waals surface area contributed by atoms with Crippen molar-refractivity contribution in [2.45, 2.75) is 25.9 Å². The zero-order valence-corrected chi connectivity index (χ0v) is 11.3. The maximum atomic E-state index is 9.34. The number of benzene rings is 1. The highest BCUT2D eigenvalue weighted by Gasteiger charge is 2.27. The van der Waals surface area contributed by atoms with Crippen molar-refractivity contribution in [3.05, 3.63) is 41.1 Å². The molecule has 0 bridgehead atoms. The van der Waals surface area contributed by atoms with Crippen LogP contribution in [0.5, 0.6) is 0 Å². The fourth-order valence-corrected chi connectivity index (χ4v) is 2.54. The van der Waals surface area contributed by atoms with Gasteiger partial charge in [0.2, 0.25) is 0 Å². The van der Waals surface area contributed by atoms with Crippen molar-refractivity contribution in [2.24, 2.45) is 0 Å². The molecule has 0 amide bonds. The molecule has 3 rings (SSSR count). The lowest BCUT2D eigenvalue weighted by atomic mass is 10.1. The van der Waals surface area contributed by atoms with Crippen molar-refractivity contribution < 1.29 is 4.74 Å². The molecule has 0 aliphatic carbocycles. The first-order valence-electron chi connectivity index (χ1n) is 6.68. The first-order chi connectivity index (χ1) is 9.70. The van der Waals surface area contributed by atoms with Gasteiger partial charge in [0.1, 0.15) is 29.2 Å². The fraction of sp³-hybridized carbons (Fsp3) is 0.333. The zero-order chi connectivity index (χ0) is 14.1. The van der Waals surface area contributed by atoms with Crippen LogP contribution >= 0.6 is 0 Å². The van der Waals surface area contributed by atoms with Gasteiger partial charge in [0, 0.05) is 6.61 Å². The van der Waals surface area contributed by atoms with E-state index in [-0.39, 0.29) is 6.10 Å². The Bertz CT molecular complexity index is 678. The van der Waals surface area contributed by atoms with Crippen molar-refractivity contribution in [1.29, 1.82) is 5.26 Å². The molecule has 1 atom stereocenters. The summed E-state index contributed by atoms with van der Waals surface area (Å²) in [4.78, 5) is 0. The van der Waals surface area contributed by atoms with Gasteiger partial charge < -0.3 is 10.5 Å². The second-order valence-electron chi connectivity index (χ2n) is 5.01. The summed E-state index contributed by atoms with van der Waals surface area (Å²) < 4.78 is 7.25. The average molecular weight is 268 g/mol. The number of rotatable bonds is 2. The van der Waals surface area contributed by atoms with E-state index in [1.807, 2.05) is 31.2 Å². The van der Waals surface area contributed by atoms with Gasteiger partial charge >= 0.3 is 0 Å². The summed E-state index contributed by atoms with van der Waals surface area (Å²) in [5, 5.41) is 13.9. The number of aryl methyl sites for hydroxylation is 1. The quantitative estimate of drug-likeness (QED) is 0.907. The molecule has 2 heterocycles. The summed E-state index contributed by atoms with van der Waals surface area (Å²) in [6.45, 7) is 2.72. The molecule has 2 aromatic rings. The van der Waals surface area contributed by atoms with Crippen molar-refractivity contribution in [3.63, 3.8) is 0 Å². The number of nitrogen functional groups attached to an aromatic ring is 1. The third-order valence-corrected chi connectivity index (χ3v) is 3.54. The Kier molecular flexibility index (Phi) is 3.17. The van der Waals surface area contributed by atoms with Gasteiger partial charge in [-0.15, -0.1) is 0 Å². The van der Waals surface area contributed by atoms with E-state index in [4.69, 9.17) is 10.5 Å². The Hall–Kier alpha value is -2.32. The summed E-state index contributed by atoms with van der Waals surface area (Å²) in [5.74, 6) is 0.378. The maximum Gasteiger partial charge on any atom is 0.145 e. The highest BCUT2D eigenvalue weighted by Crippen LogP contribution is 2.33. The van der Waals surface area contributed by atoms with Gasteiger partial charge in [-0.25, -0.2) is 4.68 Å². The highest BCUT2D eigenvalue weighted by molar-refractivity contribution is 5.57. The number of anilines is 1. The van der Waals surface area contributed by atoms with Crippen LogP contribution in [0.2, 0.25) is 0 Å². The largest absolute Gasteiger partial charge is 0.382 e. The Morgan fingerprint density at radius 1 is 1.50 bits per heavy atom. The minimum Gasteiger partial charge on any atom is -0.382 e. The molecule has 5 heteroatoms. The van der Waals surface area contributed by atoms with Crippen LogP contribution in [0.4, 0.5) is 5.82 Å². The summed E-state index contributed by atoms with van der Waals surface area (Å²) in [6, 6.07) is 10.0. The van der Waals surface area contributed by atoms with Crippen LogP contribution < -0.4 is 5.73 Å². The van der Waals surface area contributed by atoms with Crippen LogP contribution in [0.25, 0.3) is 5.69 Å². The number of ether oxygens (including phenoxy) is 1. The molecule has 5 nitrogen and oxygen atoms in total. The molecule has 20 heavy (non-hydrogen) atoms. The standard InChI is InChI=1S/C15H16N4O/c1-10-4-2-5-11(8-10)19-15(17)12(9-16)14(18-19)13-6-3-7-20-13/h2,4-5,8,13H,3,6-7,17H2,1H3. The van der Waals surface area contributed by atoms with E-state index in [0.29, 0.717) is 23.7 Å². The molecule has 1 fully saturated rings. The second-order valence-corrected chi connectivity index (χ2v) is 5.01. The number of hydrogen-bond acceptors (Lipinski definition) is 4. The lowest BCUT2D eigenvalue weighted by molar-refractivity contribution is 0.108. The third-order valence-electron chi connectivity index (χ3n) is 3.54. The van der Waals surface area contributed by atoms with Gasteiger partial charge in [-0.2, -0.15) is 10.4 Å². The van der Waals surface area contributed by atoms with E-state index in [2.05, 4.69) is 11.2 Å². The molecule has 2 N–H and O–H groups in total. The molecule has 1 aromatic carbocycles. The number of nitrogens with zero attached hydrogens (tertiary/aromatic N) is 3. The van der Waals surface area contributed by atoms with Gasteiger partial charge in [-0.3, -0.25) is 0 Å². The lowest BCUT2D eigenvalue weighted by Crippen LogP contribution is -2.03. The molecule has 0 radical (unpaired) electrons. The van der Waals surface area contributed by atoms with Gasteiger partial charge in [-0.1, -0.05) is 12.1 Å². The Morgan fingerprint density at radius 3 is 3.00 bits per heavy atom. The van der Waals surface area contributed by atoms with E-state index < -0.39 is 0 Å². The van der Waals surface area contributed by atoms with Gasteiger partial charge in [0.25, 0.3) is 0 Å². The smallest absolute Gasteiger partial charge is 0.145 e. The van der Waals surface area contributed by atoms with Gasteiger partial charge in [0.05, 0.1) is 5.69 Å². The summed E-state index contributed by atoms with van der Waals surface area (Å²) in [5.41, 5.74) is 9.16. The Labute approximate surface area is 117 Å². The number of nitrogens with two attached hydrogens (primary N) is 1. The minimum atomic E-state index is -0.113. The van der Waals surface area contributed by atoms with E-state index >= 15 is 0 Å². The summed E-state index contributed by atoms with van der Waals surface area (Å²) in [6.07, 6.45) is 1.77. The predicted molar refractivity (Wildman–Crippen MR) is 75.4 cm³/mol. The topological polar surface area (TPSA) is 76.9 Å². The molecule has 0 saturated carbocycles. The Balaban J connectivity index is 2.11. The number of nitriles is 1. The van der Waals surface area contributed by atoms with E-state index in [1.54, 1.807) is 4.68 Å². The van der Waals surface area contributed by atoms with Crippen LogP contribution in [0.3, 0.4) is 0 Å². The van der Waals surface area contributed by atoms with E-state index in [9.17, 15) is 5.26 Å². The third kappa shape index (κ3) is 2.04. The number of hydrogen-bond donors (Lipinski definition) is 1. The first-order valence-corrected chi connectivity index (χ1v) is 6.68. The van der Waals surface area contributed by atoms with Gasteiger partial charge in [0.15, 0.2) is 0 Å². The average Bonchev–Trinajstić information content (AvgIpc) is 3.05. The molecule has 1 aliphatic rings. The fourth-order valence-electron chi connectivity index (χ4n) is 2.54. The molecule has 102 valence electrons. The number of aromatic nitrogens is 2. The van der Waals surface area contributed by atoms with Crippen molar-refractivity contribution in [3.8, 4) is 11.8 Å². The van der Waals surface area contributed by atoms with Gasteiger partial charge in [-0.05, 0) is 37.5 Å². The Morgan fingerprint density at radius 2 is 2.35 bits per heavy atom. The molecule has 1 aromatic heterocycles. The molecule has 1 unspecified atom stereocenters. The highest BCUT2D eigenvalue weighted by atomic mass is 16.5. The van der Waals surface area contributed by atoms with Crippen molar-refractivity contribution >= 4 is 5.82 Å². The minimum absolute atomic E-state index is 0.113. The molecular weight excluding hydrogens is 252 g/mol. The van der Waals surface area contributed by atoms with E-state index in [1.165, 1.54) is 0 Å². The lowest BCUT2D eigenvalue weighted by Gasteiger charge is -2.06. The van der Waals surface area contributed by atoms with Crippen LogP contribution in [-0.4, -0.2) is 16.4 Å². The monoisotopic (exact) mass is 268 g/mol. The maximum absolute atomic E-state index is 9.34. The van der Waals surface area contributed by atoms with Crippen LogP contribution in [0, 0.1) is 18.3 Å². The van der Waals surface area contributed by atoms with Crippen LogP contribution in [0.15, 0.2) is 24.3 Å². The molecular formula is C15H16N4O. The normalized spacial score (nSPS) is 18.1. The van der Waals surface area contributed by atoms with E-state index in [0.717, 1.165) is 24.1 Å². The summed E-state index contributed by atoms with van der Waals surface area (Å²) in [7, 11) is 0. The SMILES string of the molecule is Cc1cccc(-n2nc(C3CCCO3)c(C#N)c2N)c1. The molecule has 1 saturated heterocycles. The zero-order valence-electron chi connectivity index (χ0n) is 11.3. The van der Waals surface area contributed by atoms with Crippen molar-refractivity contribution in [1.82, 2.24) is 9.78 Å².